The molecule has 3 heterocycles. The molecule has 41 heavy (non-hydrogen) atoms. The largest absolute Gasteiger partial charge is 0.486 e. The summed E-state index contributed by atoms with van der Waals surface area (Å²) in [6.07, 6.45) is 2.76. The predicted octanol–water partition coefficient (Wildman–Crippen LogP) is 4.25. The van der Waals surface area contributed by atoms with E-state index in [-0.39, 0.29) is 35.8 Å². The molecule has 2 aliphatic heterocycles. The fourth-order valence-electron chi connectivity index (χ4n) is 5.64. The van der Waals surface area contributed by atoms with Crippen LogP contribution in [0, 0.1) is 5.82 Å². The number of ether oxygens (including phenoxy) is 2. The van der Waals surface area contributed by atoms with Crippen LogP contribution in [-0.2, 0) is 11.8 Å². The Bertz CT molecular complexity index is 1590. The van der Waals surface area contributed by atoms with Crippen molar-refractivity contribution in [3.8, 4) is 22.6 Å². The lowest BCUT2D eigenvalue weighted by Gasteiger charge is -2.29. The lowest BCUT2D eigenvalue weighted by Crippen LogP contribution is -2.48. The molecule has 2 N–H and O–H groups in total. The van der Waals surface area contributed by atoms with Crippen LogP contribution in [0.1, 0.15) is 34.9 Å². The molecule has 3 aromatic carbocycles. The molecule has 1 saturated heterocycles. The van der Waals surface area contributed by atoms with Crippen LogP contribution in [0.5, 0.6) is 11.5 Å². The van der Waals surface area contributed by atoms with E-state index in [0.29, 0.717) is 6.54 Å². The van der Waals surface area contributed by atoms with Gasteiger partial charge in [0.15, 0.2) is 17.3 Å². The minimum absolute atomic E-state index is 0.00893. The molecule has 0 unspecified atom stereocenters. The Kier molecular flexibility index (Phi) is 7.47. The molecule has 0 bridgehead atoms. The molecule has 1 amide bonds. The van der Waals surface area contributed by atoms with Crippen LogP contribution >= 0.6 is 0 Å². The number of hydrogen-bond acceptors (Lipinski definition) is 6. The maximum atomic E-state index is 14.7. The lowest BCUT2D eigenvalue weighted by molar-refractivity contribution is -0.118. The highest BCUT2D eigenvalue weighted by atomic mass is 19.1. The van der Waals surface area contributed by atoms with E-state index in [1.807, 2.05) is 37.5 Å². The highest BCUT2D eigenvalue weighted by Gasteiger charge is 2.31. The first-order valence-electron chi connectivity index (χ1n) is 13.9. The normalized spacial score (nSPS) is 16.5. The van der Waals surface area contributed by atoms with E-state index in [1.165, 1.54) is 12.1 Å². The van der Waals surface area contributed by atoms with Gasteiger partial charge in [-0.15, -0.1) is 0 Å². The summed E-state index contributed by atoms with van der Waals surface area (Å²) in [4.78, 5) is 28.4. The van der Waals surface area contributed by atoms with Gasteiger partial charge in [-0.25, -0.2) is 4.39 Å². The zero-order valence-electron chi connectivity index (χ0n) is 22.8. The van der Waals surface area contributed by atoms with Gasteiger partial charge >= 0.3 is 0 Å². The van der Waals surface area contributed by atoms with Gasteiger partial charge in [0.1, 0.15) is 19.3 Å². The first-order valence-corrected chi connectivity index (χ1v) is 13.9. The number of Topliss-reactive ketones (excluding diaryl/α,β-unsaturated/α-hetero) is 1. The summed E-state index contributed by atoms with van der Waals surface area (Å²) in [5, 5.41) is 15.1. The number of fused-ring (bicyclic) bond motifs is 2. The van der Waals surface area contributed by atoms with E-state index < -0.39 is 29.7 Å². The number of amides is 1. The Balaban J connectivity index is 1.19. The molecule has 1 fully saturated rings. The molecule has 212 valence electrons. The topological polar surface area (TPSA) is 93.0 Å². The Morgan fingerprint density at radius 2 is 1.71 bits per heavy atom. The summed E-state index contributed by atoms with van der Waals surface area (Å²) in [5.41, 5.74) is 3.54. The Morgan fingerprint density at radius 1 is 0.976 bits per heavy atom. The average molecular weight is 558 g/mol. The van der Waals surface area contributed by atoms with Gasteiger partial charge in [0.05, 0.1) is 6.04 Å². The molecule has 8 nitrogen and oxygen atoms in total. The van der Waals surface area contributed by atoms with E-state index in [9.17, 15) is 19.1 Å². The fourth-order valence-corrected chi connectivity index (χ4v) is 5.64. The van der Waals surface area contributed by atoms with Crippen molar-refractivity contribution >= 4 is 22.6 Å². The Morgan fingerprint density at radius 3 is 2.49 bits per heavy atom. The van der Waals surface area contributed by atoms with Gasteiger partial charge in [0, 0.05) is 36.3 Å². The number of aromatic nitrogens is 1. The second-order valence-electron chi connectivity index (χ2n) is 10.7. The number of hydrogen-bond donors (Lipinski definition) is 2. The van der Waals surface area contributed by atoms with Crippen LogP contribution < -0.4 is 14.8 Å². The molecule has 0 aliphatic carbocycles. The number of halogens is 1. The van der Waals surface area contributed by atoms with Crippen molar-refractivity contribution in [1.29, 1.82) is 0 Å². The Labute approximate surface area is 237 Å². The highest BCUT2D eigenvalue weighted by molar-refractivity contribution is 6.42. The number of likely N-dealkylation sites (tertiary alicyclic amines) is 1. The second-order valence-corrected chi connectivity index (χ2v) is 10.7. The molecular formula is C32H32FN3O5. The van der Waals surface area contributed by atoms with Crippen molar-refractivity contribution in [2.45, 2.75) is 25.0 Å². The fraction of sp³-hybridized carbons (Fsp3) is 0.312. The van der Waals surface area contributed by atoms with Gasteiger partial charge in [0.25, 0.3) is 5.91 Å². The minimum atomic E-state index is -1.27. The SMILES string of the molecule is Cn1ccc2cc(-c3ccc(C(=O)C(=O)N[C@H](CN4CCCC4)[C@H](O)c4cc(F)c5c(c4)OCCO5)cc3)ccc21. The zero-order valence-corrected chi connectivity index (χ0v) is 22.8. The van der Waals surface area contributed by atoms with Gasteiger partial charge in [0.2, 0.25) is 5.78 Å². The van der Waals surface area contributed by atoms with Crippen LogP contribution in [0.3, 0.4) is 0 Å². The minimum Gasteiger partial charge on any atom is -0.486 e. The van der Waals surface area contributed by atoms with Gasteiger partial charge in [-0.05, 0) is 73.0 Å². The summed E-state index contributed by atoms with van der Waals surface area (Å²) in [6, 6.07) is 17.0. The van der Waals surface area contributed by atoms with E-state index >= 15 is 0 Å². The quantitative estimate of drug-likeness (QED) is 0.249. The third kappa shape index (κ3) is 5.55. The number of nitrogens with one attached hydrogen (secondary N) is 1. The number of aryl methyl sites for hydroxylation is 1. The van der Waals surface area contributed by atoms with Gasteiger partial charge in [-0.2, -0.15) is 0 Å². The average Bonchev–Trinajstić information content (AvgIpc) is 3.65. The predicted molar refractivity (Wildman–Crippen MR) is 153 cm³/mol. The summed E-state index contributed by atoms with van der Waals surface area (Å²) in [6.45, 7) is 2.47. The number of ketones is 1. The van der Waals surface area contributed by atoms with Crippen molar-refractivity contribution in [1.82, 2.24) is 14.8 Å². The molecule has 9 heteroatoms. The number of aliphatic hydroxyl groups excluding tert-OH is 1. The maximum absolute atomic E-state index is 14.7. The van der Waals surface area contributed by atoms with E-state index in [0.717, 1.165) is 48.0 Å². The zero-order chi connectivity index (χ0) is 28.5. The molecule has 1 aromatic heterocycles. The standard InChI is InChI=1S/C32H32FN3O5/c1-35-13-10-23-16-22(8-9-27(23)35)20-4-6-21(7-5-20)30(38)32(39)34-26(19-36-11-2-3-12-36)29(37)24-17-25(33)31-28(18-24)40-14-15-41-31/h4-10,13,16-18,26,29,37H,2-3,11-12,14-15,19H2,1H3,(H,34,39)/t26-,29-/m1/s1. The summed E-state index contributed by atoms with van der Waals surface area (Å²) in [5.74, 6) is -1.97. The van der Waals surface area contributed by atoms with Gasteiger partial charge < -0.3 is 29.4 Å². The first-order chi connectivity index (χ1) is 19.9. The van der Waals surface area contributed by atoms with Gasteiger partial charge in [-0.1, -0.05) is 30.3 Å². The number of benzene rings is 3. The summed E-state index contributed by atoms with van der Waals surface area (Å²) < 4.78 is 27.7. The monoisotopic (exact) mass is 557 g/mol. The second kappa shape index (κ2) is 11.3. The van der Waals surface area contributed by atoms with Crippen molar-refractivity contribution in [2.24, 2.45) is 7.05 Å². The first kappa shape index (κ1) is 27.0. The van der Waals surface area contributed by atoms with Crippen molar-refractivity contribution in [2.75, 3.05) is 32.8 Å². The summed E-state index contributed by atoms with van der Waals surface area (Å²) >= 11 is 0. The molecular weight excluding hydrogens is 525 g/mol. The number of carbonyl (C=O) groups is 2. The van der Waals surface area contributed by atoms with E-state index in [4.69, 9.17) is 9.47 Å². The van der Waals surface area contributed by atoms with Crippen LogP contribution in [-0.4, -0.2) is 65.2 Å². The highest BCUT2D eigenvalue weighted by Crippen LogP contribution is 2.36. The number of rotatable bonds is 8. The smallest absolute Gasteiger partial charge is 0.292 e. The molecule has 0 saturated carbocycles. The third-order valence-corrected chi connectivity index (χ3v) is 7.88. The van der Waals surface area contributed by atoms with Crippen molar-refractivity contribution in [3.63, 3.8) is 0 Å². The molecule has 2 atom stereocenters. The van der Waals surface area contributed by atoms with Crippen molar-refractivity contribution < 1.29 is 28.6 Å². The number of aliphatic hydroxyl groups is 1. The molecule has 2 aliphatic rings. The van der Waals surface area contributed by atoms with Crippen molar-refractivity contribution in [3.05, 3.63) is 83.8 Å². The van der Waals surface area contributed by atoms with Gasteiger partial charge in [-0.3, -0.25) is 9.59 Å². The van der Waals surface area contributed by atoms with Crippen LogP contribution in [0.15, 0.2) is 66.9 Å². The maximum Gasteiger partial charge on any atom is 0.292 e. The van der Waals surface area contributed by atoms with E-state index in [2.05, 4.69) is 26.9 Å². The molecule has 4 aromatic rings. The van der Waals surface area contributed by atoms with Crippen LogP contribution in [0.4, 0.5) is 4.39 Å². The third-order valence-electron chi connectivity index (χ3n) is 7.88. The molecule has 0 radical (unpaired) electrons. The summed E-state index contributed by atoms with van der Waals surface area (Å²) in [7, 11) is 2.00. The van der Waals surface area contributed by atoms with Crippen LogP contribution in [0.25, 0.3) is 22.0 Å². The molecule has 0 spiro atoms. The van der Waals surface area contributed by atoms with Crippen LogP contribution in [0.2, 0.25) is 0 Å². The Hall–Kier alpha value is -4.21. The number of nitrogens with zero attached hydrogens (tertiary/aromatic N) is 2. The lowest BCUT2D eigenvalue weighted by atomic mass is 9.99. The molecule has 6 rings (SSSR count). The van der Waals surface area contributed by atoms with E-state index in [1.54, 1.807) is 12.1 Å². The number of carbonyl (C=O) groups excluding carboxylic acids is 2.